The second kappa shape index (κ2) is 7.50. The summed E-state index contributed by atoms with van der Waals surface area (Å²) in [4.78, 5) is 28.3. The van der Waals surface area contributed by atoms with E-state index in [4.69, 9.17) is 4.74 Å². The van der Waals surface area contributed by atoms with Gasteiger partial charge in [-0.15, -0.1) is 0 Å². The van der Waals surface area contributed by atoms with Crippen molar-refractivity contribution < 1.29 is 14.3 Å². The van der Waals surface area contributed by atoms with Gasteiger partial charge < -0.3 is 9.64 Å². The second-order valence-electron chi connectivity index (χ2n) is 6.39. The molecule has 1 aliphatic heterocycles. The predicted molar refractivity (Wildman–Crippen MR) is 105 cm³/mol. The first-order valence-electron chi connectivity index (χ1n) is 8.33. The largest absolute Gasteiger partial charge is 0.497 e. The fourth-order valence-electron chi connectivity index (χ4n) is 3.19. The number of benzene rings is 2. The third-order valence-electron chi connectivity index (χ3n) is 4.69. The number of Topliss-reactive ketones (excluding diaryl/α,β-unsaturated/α-hetero) is 1. The van der Waals surface area contributed by atoms with Crippen molar-refractivity contribution >= 4 is 33.4 Å². The molecule has 2 aromatic carbocycles. The zero-order valence-electron chi connectivity index (χ0n) is 15.1. The molecule has 0 aliphatic carbocycles. The Morgan fingerprint density at radius 1 is 1.23 bits per heavy atom. The quantitative estimate of drug-likeness (QED) is 0.543. The molecule has 0 aromatic heterocycles. The second-order valence-corrected chi connectivity index (χ2v) is 6.95. The van der Waals surface area contributed by atoms with Crippen molar-refractivity contribution in [2.75, 3.05) is 24.4 Å². The molecule has 1 aliphatic rings. The number of amides is 2. The van der Waals surface area contributed by atoms with Gasteiger partial charge in [0, 0.05) is 19.2 Å². The van der Waals surface area contributed by atoms with Gasteiger partial charge in [-0.3, -0.25) is 9.69 Å². The number of aryl methyl sites for hydroxylation is 1. The number of hydrogen-bond acceptors (Lipinski definition) is 3. The lowest BCUT2D eigenvalue weighted by molar-refractivity contribution is 0.102. The van der Waals surface area contributed by atoms with Gasteiger partial charge in [-0.2, -0.15) is 0 Å². The smallest absolute Gasteiger partial charge is 0.324 e. The van der Waals surface area contributed by atoms with Crippen LogP contribution in [0.2, 0.25) is 0 Å². The van der Waals surface area contributed by atoms with Gasteiger partial charge >= 0.3 is 6.03 Å². The van der Waals surface area contributed by atoms with Crippen LogP contribution in [0.5, 0.6) is 5.75 Å². The summed E-state index contributed by atoms with van der Waals surface area (Å²) in [6.07, 6.45) is 0. The molecule has 0 spiro atoms. The first-order chi connectivity index (χ1) is 12.4. The van der Waals surface area contributed by atoms with E-state index in [-0.39, 0.29) is 17.1 Å². The molecule has 3 rings (SSSR count). The predicted octanol–water partition coefficient (Wildman–Crippen LogP) is 4.15. The molecule has 2 aromatic rings. The van der Waals surface area contributed by atoms with E-state index >= 15 is 0 Å². The van der Waals surface area contributed by atoms with E-state index in [1.807, 2.05) is 48.2 Å². The number of carbonyl (C=O) groups excluding carboxylic acids is 2. The molecule has 0 fully saturated rings. The maximum atomic E-state index is 12.8. The summed E-state index contributed by atoms with van der Waals surface area (Å²) in [5, 5.41) is 0.270. The average Bonchev–Trinajstić information content (AvgIpc) is 2.66. The highest BCUT2D eigenvalue weighted by Crippen LogP contribution is 2.32. The van der Waals surface area contributed by atoms with Crippen LogP contribution in [0.1, 0.15) is 27.0 Å². The average molecular weight is 417 g/mol. The maximum Gasteiger partial charge on any atom is 0.324 e. The minimum absolute atomic E-state index is 0.0115. The van der Waals surface area contributed by atoms with Crippen molar-refractivity contribution in [3.63, 3.8) is 0 Å². The molecule has 0 radical (unpaired) electrons. The number of urea groups is 1. The molecule has 5 nitrogen and oxygen atoms in total. The van der Waals surface area contributed by atoms with Crippen LogP contribution in [0.15, 0.2) is 36.4 Å². The minimum Gasteiger partial charge on any atom is -0.497 e. The summed E-state index contributed by atoms with van der Waals surface area (Å²) >= 11 is 3.21. The Morgan fingerprint density at radius 2 is 1.92 bits per heavy atom. The normalized spacial score (nSPS) is 13.6. The third-order valence-corrected chi connectivity index (χ3v) is 5.20. The Balaban J connectivity index is 1.89. The molecular weight excluding hydrogens is 396 g/mol. The van der Waals surface area contributed by atoms with Crippen LogP contribution in [0.4, 0.5) is 10.5 Å². The van der Waals surface area contributed by atoms with Gasteiger partial charge in [0.2, 0.25) is 0 Å². The summed E-state index contributed by atoms with van der Waals surface area (Å²) in [7, 11) is 3.38. The van der Waals surface area contributed by atoms with Crippen LogP contribution in [-0.4, -0.2) is 36.2 Å². The summed E-state index contributed by atoms with van der Waals surface area (Å²) < 4.78 is 5.18. The highest BCUT2D eigenvalue weighted by Gasteiger charge is 2.29. The number of carbonyl (C=O) groups is 2. The number of alkyl halides is 1. The lowest BCUT2D eigenvalue weighted by atomic mass is 9.98. The first kappa shape index (κ1) is 18.5. The SMILES string of the molecule is COc1ccc(CN2Cc3c(C)cc(C(=O)CBr)cc3N(C)C2=O)cc1. The van der Waals surface area contributed by atoms with Crippen molar-refractivity contribution in [2.45, 2.75) is 20.0 Å². The maximum absolute atomic E-state index is 12.8. The third kappa shape index (κ3) is 3.46. The molecule has 2 amide bonds. The van der Waals surface area contributed by atoms with Crippen LogP contribution in [-0.2, 0) is 13.1 Å². The lowest BCUT2D eigenvalue weighted by Gasteiger charge is -2.36. The van der Waals surface area contributed by atoms with E-state index in [2.05, 4.69) is 15.9 Å². The van der Waals surface area contributed by atoms with E-state index in [0.717, 1.165) is 28.1 Å². The number of anilines is 1. The van der Waals surface area contributed by atoms with E-state index in [0.29, 0.717) is 18.7 Å². The summed E-state index contributed by atoms with van der Waals surface area (Å²) in [5.41, 5.74) is 4.57. The van der Waals surface area contributed by atoms with Crippen molar-refractivity contribution in [2.24, 2.45) is 0 Å². The Bertz CT molecular complexity index is 849. The molecule has 0 unspecified atom stereocenters. The molecule has 136 valence electrons. The van der Waals surface area contributed by atoms with Gasteiger partial charge in [0.05, 0.1) is 24.7 Å². The van der Waals surface area contributed by atoms with Gasteiger partial charge in [-0.25, -0.2) is 4.79 Å². The van der Waals surface area contributed by atoms with Crippen molar-refractivity contribution in [1.29, 1.82) is 0 Å². The summed E-state index contributed by atoms with van der Waals surface area (Å²) in [6, 6.07) is 11.4. The first-order valence-corrected chi connectivity index (χ1v) is 9.45. The molecule has 26 heavy (non-hydrogen) atoms. The zero-order valence-corrected chi connectivity index (χ0v) is 16.7. The molecule has 0 atom stereocenters. The summed E-state index contributed by atoms with van der Waals surface area (Å²) in [6.45, 7) is 3.03. The van der Waals surface area contributed by atoms with E-state index < -0.39 is 0 Å². The number of rotatable bonds is 5. The van der Waals surface area contributed by atoms with Crippen LogP contribution in [0.3, 0.4) is 0 Å². The topological polar surface area (TPSA) is 49.9 Å². The van der Waals surface area contributed by atoms with Gasteiger partial charge in [0.25, 0.3) is 0 Å². The Kier molecular flexibility index (Phi) is 5.32. The van der Waals surface area contributed by atoms with E-state index in [9.17, 15) is 9.59 Å². The Morgan fingerprint density at radius 3 is 2.54 bits per heavy atom. The molecule has 0 bridgehead atoms. The van der Waals surface area contributed by atoms with Gasteiger partial charge in [0.15, 0.2) is 5.78 Å². The number of fused-ring (bicyclic) bond motifs is 1. The monoisotopic (exact) mass is 416 g/mol. The van der Waals surface area contributed by atoms with Crippen molar-refractivity contribution in [3.05, 3.63) is 58.7 Å². The minimum atomic E-state index is -0.0730. The van der Waals surface area contributed by atoms with Crippen LogP contribution in [0.25, 0.3) is 0 Å². The number of methoxy groups -OCH3 is 1. The van der Waals surface area contributed by atoms with Crippen LogP contribution < -0.4 is 9.64 Å². The van der Waals surface area contributed by atoms with Gasteiger partial charge in [-0.1, -0.05) is 28.1 Å². The van der Waals surface area contributed by atoms with Crippen LogP contribution in [0, 0.1) is 6.92 Å². The highest BCUT2D eigenvalue weighted by molar-refractivity contribution is 9.09. The number of halogens is 1. The molecule has 0 saturated carbocycles. The van der Waals surface area contributed by atoms with Gasteiger partial charge in [-0.05, 0) is 47.9 Å². The fourth-order valence-corrected chi connectivity index (χ4v) is 3.51. The molecule has 0 N–H and O–H groups in total. The van der Waals surface area contributed by atoms with E-state index in [1.165, 1.54) is 0 Å². The number of ether oxygens (including phenoxy) is 1. The van der Waals surface area contributed by atoms with E-state index in [1.54, 1.807) is 19.1 Å². The molecular formula is C20H21BrN2O3. The molecule has 6 heteroatoms. The van der Waals surface area contributed by atoms with Crippen molar-refractivity contribution in [3.8, 4) is 5.75 Å². The fraction of sp³-hybridized carbons (Fsp3) is 0.300. The van der Waals surface area contributed by atoms with Crippen molar-refractivity contribution in [1.82, 2.24) is 4.90 Å². The number of hydrogen-bond donors (Lipinski definition) is 0. The van der Waals surface area contributed by atoms with Gasteiger partial charge in [0.1, 0.15) is 5.75 Å². The Hall–Kier alpha value is -2.34. The number of ketones is 1. The molecule has 0 saturated heterocycles. The summed E-state index contributed by atoms with van der Waals surface area (Å²) in [5.74, 6) is 0.804. The lowest BCUT2D eigenvalue weighted by Crippen LogP contribution is -2.45. The zero-order chi connectivity index (χ0) is 18.8. The standard InChI is InChI=1S/C20H21BrN2O3/c1-13-8-15(19(24)10-21)9-18-17(13)12-23(20(25)22(18)2)11-14-4-6-16(26-3)7-5-14/h4-9H,10-12H2,1-3H3. The molecule has 1 heterocycles. The highest BCUT2D eigenvalue weighted by atomic mass is 79.9. The van der Waals surface area contributed by atoms with Crippen LogP contribution >= 0.6 is 15.9 Å². The number of nitrogens with zero attached hydrogens (tertiary/aromatic N) is 2. The Labute approximate surface area is 161 Å².